The molecule has 0 amide bonds. The Balaban J connectivity index is 0.000000198. The Morgan fingerprint density at radius 2 is 0.520 bits per heavy atom. The van der Waals surface area contributed by atoms with E-state index >= 15 is 0 Å². The molecule has 6 nitrogen and oxygen atoms in total. The molecule has 6 aromatic carbocycles. The van der Waals surface area contributed by atoms with Gasteiger partial charge in [0, 0.05) is 33.4 Å². The molecule has 6 rings (SSSR count). The van der Waals surface area contributed by atoms with Crippen LogP contribution in [0.1, 0.15) is 47.8 Å². The zero-order chi connectivity index (χ0) is 36.1. The van der Waals surface area contributed by atoms with Crippen LogP contribution < -0.4 is 14.2 Å². The molecule has 252 valence electrons. The van der Waals surface area contributed by atoms with Gasteiger partial charge in [0.1, 0.15) is 17.2 Å². The smallest absolute Gasteiger partial charge is 0.193 e. The Hall–Kier alpha value is -5.75. The molecule has 0 aromatic heterocycles. The van der Waals surface area contributed by atoms with Crippen molar-refractivity contribution in [2.45, 2.75) is 0 Å². The van der Waals surface area contributed by atoms with Crippen molar-refractivity contribution in [3.63, 3.8) is 0 Å². The minimum atomic E-state index is 0.0308. The second kappa shape index (κ2) is 21.3. The first-order valence-corrected chi connectivity index (χ1v) is 17.0. The lowest BCUT2D eigenvalue weighted by Gasteiger charge is -2.02. The summed E-state index contributed by atoms with van der Waals surface area (Å²) in [7, 11) is 7.37. The third-order valence-electron chi connectivity index (χ3n) is 7.16. The van der Waals surface area contributed by atoms with Gasteiger partial charge in [-0.15, -0.1) is 0 Å². The summed E-state index contributed by atoms with van der Waals surface area (Å²) in [6, 6.07) is 49.1. The summed E-state index contributed by atoms with van der Waals surface area (Å²) in [6.45, 7) is 0. The first-order chi connectivity index (χ1) is 24.4. The Kier molecular flexibility index (Phi) is 16.5. The van der Waals surface area contributed by atoms with Crippen LogP contribution >= 0.6 is 8.02 Å². The van der Waals surface area contributed by atoms with Crippen LogP contribution in [0.5, 0.6) is 17.2 Å². The normalized spacial score (nSPS) is 9.50. The molecule has 0 aliphatic carbocycles. The van der Waals surface area contributed by atoms with Crippen LogP contribution in [0.4, 0.5) is 0 Å². The largest absolute Gasteiger partial charge is 0.497 e. The molecule has 6 aromatic rings. The van der Waals surface area contributed by atoms with Gasteiger partial charge in [0.2, 0.25) is 0 Å². The van der Waals surface area contributed by atoms with E-state index in [1.807, 2.05) is 91.0 Å². The van der Waals surface area contributed by atoms with E-state index in [1.54, 1.807) is 94.1 Å². The van der Waals surface area contributed by atoms with Crippen LogP contribution in [-0.4, -0.2) is 38.7 Å². The molecule has 0 N–H and O–H groups in total. The first-order valence-electron chi connectivity index (χ1n) is 15.3. The standard InChI is InChI=1S/3C14H12O2.HPS/c3*1-16-13-9-7-12(8-10-13)14(15)11-5-3-2-4-6-11;1-2/h3*2-10H,1H3;1H. The van der Waals surface area contributed by atoms with E-state index in [0.717, 1.165) is 17.2 Å². The number of carbonyl (C=O) groups is 3. The highest BCUT2D eigenvalue weighted by Gasteiger charge is 2.09. The Morgan fingerprint density at radius 3 is 0.700 bits per heavy atom. The van der Waals surface area contributed by atoms with Crippen molar-refractivity contribution in [2.75, 3.05) is 21.3 Å². The van der Waals surface area contributed by atoms with Crippen LogP contribution in [0.15, 0.2) is 164 Å². The Morgan fingerprint density at radius 1 is 0.340 bits per heavy atom. The fraction of sp³-hybridized carbons (Fsp3) is 0.0714. The highest BCUT2D eigenvalue weighted by atomic mass is 32.4. The molecule has 50 heavy (non-hydrogen) atoms. The van der Waals surface area contributed by atoms with Crippen LogP contribution in [0, 0.1) is 0 Å². The van der Waals surface area contributed by atoms with Crippen LogP contribution in [0.3, 0.4) is 0 Å². The molecule has 0 bridgehead atoms. The maximum Gasteiger partial charge on any atom is 0.193 e. The lowest BCUT2D eigenvalue weighted by atomic mass is 10.0. The van der Waals surface area contributed by atoms with Crippen LogP contribution in [0.25, 0.3) is 0 Å². The van der Waals surface area contributed by atoms with Crippen molar-refractivity contribution < 1.29 is 28.6 Å². The molecule has 0 saturated heterocycles. The monoisotopic (exact) mass is 700 g/mol. The summed E-state index contributed by atoms with van der Waals surface area (Å²) in [5.74, 6) is 2.36. The van der Waals surface area contributed by atoms with E-state index < -0.39 is 0 Å². The van der Waals surface area contributed by atoms with E-state index in [9.17, 15) is 14.4 Å². The molecule has 0 atom stereocenters. The predicted octanol–water partition coefficient (Wildman–Crippen LogP) is 9.37. The number of ether oxygens (including phenoxy) is 3. The van der Waals surface area contributed by atoms with Gasteiger partial charge >= 0.3 is 0 Å². The molecule has 8 heteroatoms. The number of hydrogen-bond donors (Lipinski definition) is 0. The summed E-state index contributed by atoms with van der Waals surface area (Å²) in [5, 5.41) is 0. The van der Waals surface area contributed by atoms with E-state index in [1.165, 1.54) is 0 Å². The van der Waals surface area contributed by atoms with Gasteiger partial charge in [-0.3, -0.25) is 14.4 Å². The SMILES string of the molecule is COc1ccc(C(=O)c2ccccc2)cc1.COc1ccc(C(=O)c2ccccc2)cc1.COc1ccc(C(=O)c2ccccc2)cc1.P=S. The highest BCUT2D eigenvalue weighted by Crippen LogP contribution is 2.17. The molecule has 0 aliphatic heterocycles. The van der Waals surface area contributed by atoms with E-state index in [-0.39, 0.29) is 17.3 Å². The van der Waals surface area contributed by atoms with E-state index in [2.05, 4.69) is 19.8 Å². The van der Waals surface area contributed by atoms with Crippen LogP contribution in [-0.2, 0) is 11.8 Å². The topological polar surface area (TPSA) is 78.9 Å². The van der Waals surface area contributed by atoms with Crippen molar-refractivity contribution in [2.24, 2.45) is 0 Å². The van der Waals surface area contributed by atoms with Crippen molar-refractivity contribution >= 4 is 37.2 Å². The van der Waals surface area contributed by atoms with E-state index in [4.69, 9.17) is 14.2 Å². The van der Waals surface area contributed by atoms with Crippen molar-refractivity contribution in [1.82, 2.24) is 0 Å². The number of benzene rings is 6. The lowest BCUT2D eigenvalue weighted by molar-refractivity contribution is 0.103. The molecule has 0 fully saturated rings. The summed E-state index contributed by atoms with van der Waals surface area (Å²) >= 11 is 3.89. The summed E-state index contributed by atoms with van der Waals surface area (Å²) in [4.78, 5) is 36.0. The molecule has 0 spiro atoms. The zero-order valence-electron chi connectivity index (χ0n) is 27.9. The number of rotatable bonds is 9. The van der Waals surface area contributed by atoms with Gasteiger partial charge in [-0.2, -0.15) is 0 Å². The number of methoxy groups -OCH3 is 3. The van der Waals surface area contributed by atoms with Gasteiger partial charge in [0.25, 0.3) is 0 Å². The summed E-state index contributed by atoms with van der Waals surface area (Å²) in [5.41, 5.74) is 4.12. The first kappa shape index (κ1) is 38.7. The number of carbonyl (C=O) groups excluding carboxylic acids is 3. The molecule has 0 unspecified atom stereocenters. The number of hydrogen-bond acceptors (Lipinski definition) is 7. The lowest BCUT2D eigenvalue weighted by Crippen LogP contribution is -2.00. The van der Waals surface area contributed by atoms with Gasteiger partial charge in [0.15, 0.2) is 17.3 Å². The highest BCUT2D eigenvalue weighted by molar-refractivity contribution is 7.88. The maximum absolute atomic E-state index is 12.0. The van der Waals surface area contributed by atoms with Gasteiger partial charge in [-0.25, -0.2) is 0 Å². The van der Waals surface area contributed by atoms with Crippen LogP contribution in [0.2, 0.25) is 0 Å². The molecule has 0 heterocycles. The third-order valence-corrected chi connectivity index (χ3v) is 7.16. The van der Waals surface area contributed by atoms with Crippen molar-refractivity contribution in [1.29, 1.82) is 0 Å². The molecular formula is C42H37O6PS. The van der Waals surface area contributed by atoms with Crippen molar-refractivity contribution in [3.05, 3.63) is 197 Å². The third kappa shape index (κ3) is 11.7. The van der Waals surface area contributed by atoms with Crippen molar-refractivity contribution in [3.8, 4) is 17.2 Å². The summed E-state index contributed by atoms with van der Waals surface area (Å²) < 4.78 is 15.1. The van der Waals surface area contributed by atoms with E-state index in [0.29, 0.717) is 33.4 Å². The minimum absolute atomic E-state index is 0.0308. The average molecular weight is 701 g/mol. The quantitative estimate of drug-likeness (QED) is 0.110. The van der Waals surface area contributed by atoms with Gasteiger partial charge < -0.3 is 14.2 Å². The average Bonchev–Trinajstić information content (AvgIpc) is 3.22. The molecular weight excluding hydrogens is 663 g/mol. The fourth-order valence-corrected chi connectivity index (χ4v) is 4.50. The molecule has 0 radical (unpaired) electrons. The maximum atomic E-state index is 12.0. The zero-order valence-corrected chi connectivity index (χ0v) is 29.8. The Bertz CT molecular complexity index is 1670. The second-order valence-corrected chi connectivity index (χ2v) is 10.3. The van der Waals surface area contributed by atoms with Gasteiger partial charge in [-0.05, 0) is 80.8 Å². The fourth-order valence-electron chi connectivity index (χ4n) is 4.50. The number of ketones is 3. The van der Waals surface area contributed by atoms with Gasteiger partial charge in [0.05, 0.1) is 21.3 Å². The molecule has 0 aliphatic rings. The molecule has 0 saturated carbocycles. The second-order valence-electron chi connectivity index (χ2n) is 10.3. The minimum Gasteiger partial charge on any atom is -0.497 e. The Labute approximate surface area is 300 Å². The predicted molar refractivity (Wildman–Crippen MR) is 204 cm³/mol. The van der Waals surface area contributed by atoms with Gasteiger partial charge in [-0.1, -0.05) is 103 Å². The summed E-state index contributed by atoms with van der Waals surface area (Å²) in [6.07, 6.45) is 0.